The molecule has 0 aromatic heterocycles. The van der Waals surface area contributed by atoms with Gasteiger partial charge >= 0.3 is 0 Å². The van der Waals surface area contributed by atoms with E-state index in [9.17, 15) is 13.2 Å². The highest BCUT2D eigenvalue weighted by atomic mass is 32.2. The van der Waals surface area contributed by atoms with E-state index in [4.69, 9.17) is 0 Å². The van der Waals surface area contributed by atoms with E-state index in [1.165, 1.54) is 6.26 Å². The van der Waals surface area contributed by atoms with Crippen molar-refractivity contribution in [1.29, 1.82) is 0 Å². The molecule has 5 heteroatoms. The Balaban J connectivity index is 2.53. The summed E-state index contributed by atoms with van der Waals surface area (Å²) in [6.07, 6.45) is 2.44. The summed E-state index contributed by atoms with van der Waals surface area (Å²) in [5.74, 6) is 0.127. The maximum atomic E-state index is 11.6. The van der Waals surface area contributed by atoms with Crippen LogP contribution in [0.2, 0.25) is 0 Å². The van der Waals surface area contributed by atoms with Crippen LogP contribution in [0.5, 0.6) is 0 Å². The van der Waals surface area contributed by atoms with Crippen LogP contribution < -0.4 is 0 Å². The number of hydrogen-bond donors (Lipinski definition) is 0. The van der Waals surface area contributed by atoms with Crippen molar-refractivity contribution in [2.75, 3.05) is 19.3 Å². The molecular formula is C10H19NO3S. The molecule has 4 nitrogen and oxygen atoms in total. The predicted molar refractivity (Wildman–Crippen MR) is 59.3 cm³/mol. The fourth-order valence-electron chi connectivity index (χ4n) is 1.87. The molecule has 0 aromatic rings. The van der Waals surface area contributed by atoms with E-state index in [0.29, 0.717) is 25.9 Å². The molecule has 1 fully saturated rings. The summed E-state index contributed by atoms with van der Waals surface area (Å²) in [6, 6.07) is 0. The minimum absolute atomic E-state index is 0.000200. The molecule has 0 aromatic carbocycles. The summed E-state index contributed by atoms with van der Waals surface area (Å²) >= 11 is 0. The van der Waals surface area contributed by atoms with Gasteiger partial charge in [-0.3, -0.25) is 4.79 Å². The molecule has 15 heavy (non-hydrogen) atoms. The van der Waals surface area contributed by atoms with Crippen molar-refractivity contribution in [2.45, 2.75) is 31.9 Å². The van der Waals surface area contributed by atoms with Crippen LogP contribution in [-0.4, -0.2) is 43.8 Å². The number of piperidine rings is 1. The van der Waals surface area contributed by atoms with E-state index in [0.717, 1.165) is 0 Å². The van der Waals surface area contributed by atoms with Gasteiger partial charge in [-0.1, -0.05) is 13.8 Å². The van der Waals surface area contributed by atoms with Crippen LogP contribution in [0.3, 0.4) is 0 Å². The number of nitrogens with zero attached hydrogens (tertiary/aromatic N) is 1. The minimum Gasteiger partial charge on any atom is -0.342 e. The first kappa shape index (κ1) is 12.5. The highest BCUT2D eigenvalue weighted by Crippen LogP contribution is 2.18. The summed E-state index contributed by atoms with van der Waals surface area (Å²) in [6.45, 7) is 4.89. The van der Waals surface area contributed by atoms with Crippen LogP contribution in [0.4, 0.5) is 0 Å². The summed E-state index contributed by atoms with van der Waals surface area (Å²) in [7, 11) is -2.93. The SMILES string of the molecule is CC(C)C(=O)N1CCC(S(C)(=O)=O)CC1. The number of hydrogen-bond acceptors (Lipinski definition) is 3. The summed E-state index contributed by atoms with van der Waals surface area (Å²) in [5.41, 5.74) is 0. The van der Waals surface area contributed by atoms with Crippen LogP contribution in [-0.2, 0) is 14.6 Å². The van der Waals surface area contributed by atoms with E-state index in [2.05, 4.69) is 0 Å². The maximum Gasteiger partial charge on any atom is 0.225 e. The van der Waals surface area contributed by atoms with Gasteiger partial charge in [0.15, 0.2) is 0 Å². The lowest BCUT2D eigenvalue weighted by Crippen LogP contribution is -2.43. The molecule has 0 aliphatic carbocycles. The first-order valence-electron chi connectivity index (χ1n) is 5.30. The second-order valence-electron chi connectivity index (χ2n) is 4.51. The molecule has 1 aliphatic heterocycles. The van der Waals surface area contributed by atoms with Crippen LogP contribution in [0.25, 0.3) is 0 Å². The Morgan fingerprint density at radius 1 is 1.27 bits per heavy atom. The van der Waals surface area contributed by atoms with Gasteiger partial charge < -0.3 is 4.90 Å². The van der Waals surface area contributed by atoms with Crippen molar-refractivity contribution >= 4 is 15.7 Å². The Labute approximate surface area is 91.6 Å². The molecule has 1 saturated heterocycles. The Kier molecular flexibility index (Phi) is 3.76. The Morgan fingerprint density at radius 3 is 2.07 bits per heavy atom. The van der Waals surface area contributed by atoms with Gasteiger partial charge in [-0.05, 0) is 12.8 Å². The standard InChI is InChI=1S/C10H19NO3S/c1-8(2)10(12)11-6-4-9(5-7-11)15(3,13)14/h8-9H,4-7H2,1-3H3. The van der Waals surface area contributed by atoms with Gasteiger partial charge in [0.25, 0.3) is 0 Å². The molecular weight excluding hydrogens is 214 g/mol. The first-order valence-corrected chi connectivity index (χ1v) is 7.25. The number of rotatable bonds is 2. The van der Waals surface area contributed by atoms with Gasteiger partial charge in [0.1, 0.15) is 9.84 Å². The normalized spacial score (nSPS) is 19.6. The topological polar surface area (TPSA) is 54.5 Å². The van der Waals surface area contributed by atoms with E-state index >= 15 is 0 Å². The monoisotopic (exact) mass is 233 g/mol. The zero-order chi connectivity index (χ0) is 11.6. The summed E-state index contributed by atoms with van der Waals surface area (Å²) < 4.78 is 22.6. The summed E-state index contributed by atoms with van der Waals surface area (Å²) in [5, 5.41) is -0.256. The van der Waals surface area contributed by atoms with E-state index < -0.39 is 9.84 Å². The lowest BCUT2D eigenvalue weighted by molar-refractivity contribution is -0.135. The number of amides is 1. The number of likely N-dealkylation sites (tertiary alicyclic amines) is 1. The van der Waals surface area contributed by atoms with Crippen molar-refractivity contribution in [3.05, 3.63) is 0 Å². The highest BCUT2D eigenvalue weighted by molar-refractivity contribution is 7.91. The molecule has 1 aliphatic rings. The molecule has 1 heterocycles. The largest absolute Gasteiger partial charge is 0.342 e. The van der Waals surface area contributed by atoms with E-state index in [-0.39, 0.29) is 17.1 Å². The zero-order valence-corrected chi connectivity index (χ0v) is 10.4. The average Bonchev–Trinajstić information content (AvgIpc) is 2.15. The van der Waals surface area contributed by atoms with Crippen LogP contribution in [0, 0.1) is 5.92 Å². The van der Waals surface area contributed by atoms with Crippen LogP contribution in [0.15, 0.2) is 0 Å². The van der Waals surface area contributed by atoms with Gasteiger partial charge in [0.05, 0.1) is 5.25 Å². The second-order valence-corrected chi connectivity index (χ2v) is 6.83. The van der Waals surface area contributed by atoms with Crippen molar-refractivity contribution in [2.24, 2.45) is 5.92 Å². The van der Waals surface area contributed by atoms with Crippen molar-refractivity contribution in [1.82, 2.24) is 4.90 Å². The molecule has 0 radical (unpaired) electrons. The smallest absolute Gasteiger partial charge is 0.225 e. The van der Waals surface area contributed by atoms with Gasteiger partial charge in [-0.25, -0.2) is 8.42 Å². The van der Waals surface area contributed by atoms with Gasteiger partial charge in [0, 0.05) is 25.3 Å². The second kappa shape index (κ2) is 4.51. The first-order chi connectivity index (χ1) is 6.82. The lowest BCUT2D eigenvalue weighted by Gasteiger charge is -2.32. The quantitative estimate of drug-likeness (QED) is 0.704. The summed E-state index contributed by atoms with van der Waals surface area (Å²) in [4.78, 5) is 13.4. The molecule has 0 unspecified atom stereocenters. The molecule has 0 saturated carbocycles. The number of carbonyl (C=O) groups excluding carboxylic acids is 1. The molecule has 0 N–H and O–H groups in total. The fourth-order valence-corrected chi connectivity index (χ4v) is 2.94. The van der Waals surface area contributed by atoms with Gasteiger partial charge in [0.2, 0.25) is 5.91 Å². The average molecular weight is 233 g/mol. The van der Waals surface area contributed by atoms with Crippen molar-refractivity contribution in [3.8, 4) is 0 Å². The maximum absolute atomic E-state index is 11.6. The minimum atomic E-state index is -2.93. The Hall–Kier alpha value is -0.580. The highest BCUT2D eigenvalue weighted by Gasteiger charge is 2.29. The van der Waals surface area contributed by atoms with E-state index in [1.54, 1.807) is 4.90 Å². The Morgan fingerprint density at radius 2 is 1.73 bits per heavy atom. The van der Waals surface area contributed by atoms with Gasteiger partial charge in [-0.2, -0.15) is 0 Å². The molecule has 0 bridgehead atoms. The van der Waals surface area contributed by atoms with E-state index in [1.807, 2.05) is 13.8 Å². The van der Waals surface area contributed by atoms with Crippen molar-refractivity contribution < 1.29 is 13.2 Å². The third kappa shape index (κ3) is 3.19. The lowest BCUT2D eigenvalue weighted by atomic mass is 10.1. The predicted octanol–water partition coefficient (Wildman–Crippen LogP) is 0.678. The molecule has 1 amide bonds. The molecule has 0 spiro atoms. The molecule has 1 rings (SSSR count). The van der Waals surface area contributed by atoms with Gasteiger partial charge in [-0.15, -0.1) is 0 Å². The molecule has 0 atom stereocenters. The van der Waals surface area contributed by atoms with Crippen molar-refractivity contribution in [3.63, 3.8) is 0 Å². The number of carbonyl (C=O) groups is 1. The fraction of sp³-hybridized carbons (Fsp3) is 0.900. The third-order valence-corrected chi connectivity index (χ3v) is 4.54. The van der Waals surface area contributed by atoms with Crippen LogP contribution in [0.1, 0.15) is 26.7 Å². The third-order valence-electron chi connectivity index (χ3n) is 2.85. The Bertz CT molecular complexity index is 327. The zero-order valence-electron chi connectivity index (χ0n) is 9.56. The van der Waals surface area contributed by atoms with Crippen LogP contribution >= 0.6 is 0 Å². The molecule has 88 valence electrons. The number of sulfone groups is 1.